The molecule has 1 amide bonds. The average Bonchev–Trinajstić information content (AvgIpc) is 3.21. The highest BCUT2D eigenvalue weighted by molar-refractivity contribution is 5.82. The van der Waals surface area contributed by atoms with Crippen LogP contribution >= 0.6 is 0 Å². The zero-order chi connectivity index (χ0) is 18.7. The zero-order valence-electron chi connectivity index (χ0n) is 15.9. The summed E-state index contributed by atoms with van der Waals surface area (Å²) in [5.74, 6) is 1.79. The highest BCUT2D eigenvalue weighted by atomic mass is 16.7. The van der Waals surface area contributed by atoms with Crippen LogP contribution in [0.2, 0.25) is 0 Å². The molecule has 1 aliphatic carbocycles. The molecule has 6 nitrogen and oxygen atoms in total. The van der Waals surface area contributed by atoms with Crippen molar-refractivity contribution in [2.45, 2.75) is 56.4 Å². The molecule has 6 heteroatoms. The van der Waals surface area contributed by atoms with E-state index in [1.54, 1.807) is 0 Å². The summed E-state index contributed by atoms with van der Waals surface area (Å²) >= 11 is 0. The van der Waals surface area contributed by atoms with Gasteiger partial charge in [0.1, 0.15) is 0 Å². The Morgan fingerprint density at radius 2 is 1.89 bits per heavy atom. The summed E-state index contributed by atoms with van der Waals surface area (Å²) in [6.07, 6.45) is 7.47. The lowest BCUT2D eigenvalue weighted by Crippen LogP contribution is -2.51. The molecule has 148 valence electrons. The van der Waals surface area contributed by atoms with Gasteiger partial charge in [-0.05, 0) is 49.3 Å². The Bertz CT molecular complexity index is 666. The van der Waals surface area contributed by atoms with Crippen LogP contribution in [-0.2, 0) is 14.9 Å². The van der Waals surface area contributed by atoms with Gasteiger partial charge in [0.25, 0.3) is 0 Å². The number of benzene rings is 1. The molecule has 1 aromatic carbocycles. The van der Waals surface area contributed by atoms with Gasteiger partial charge in [-0.2, -0.15) is 0 Å². The maximum absolute atomic E-state index is 12.7. The molecule has 1 aromatic rings. The van der Waals surface area contributed by atoms with Crippen LogP contribution in [0.3, 0.4) is 0 Å². The maximum Gasteiger partial charge on any atom is 0.237 e. The highest BCUT2D eigenvalue weighted by Gasteiger charge is 2.36. The van der Waals surface area contributed by atoms with Gasteiger partial charge in [-0.1, -0.05) is 25.3 Å². The van der Waals surface area contributed by atoms with Gasteiger partial charge in [-0.15, -0.1) is 0 Å². The SMILES string of the molecule is NC(C(=O)NCC1(c2ccc3c(c2)OCO3)CCCCC1)C1CCOCC1. The van der Waals surface area contributed by atoms with Gasteiger partial charge in [0.2, 0.25) is 12.7 Å². The molecule has 2 heterocycles. The quantitative estimate of drug-likeness (QED) is 0.827. The zero-order valence-corrected chi connectivity index (χ0v) is 15.9. The lowest BCUT2D eigenvalue weighted by molar-refractivity contribution is -0.124. The van der Waals surface area contributed by atoms with Crippen molar-refractivity contribution < 1.29 is 19.0 Å². The van der Waals surface area contributed by atoms with Crippen LogP contribution in [0.15, 0.2) is 18.2 Å². The van der Waals surface area contributed by atoms with E-state index in [-0.39, 0.29) is 24.0 Å². The fraction of sp³-hybridized carbons (Fsp3) is 0.667. The summed E-state index contributed by atoms with van der Waals surface area (Å²) in [5, 5.41) is 3.18. The van der Waals surface area contributed by atoms with Gasteiger partial charge in [-0.3, -0.25) is 4.79 Å². The molecule has 2 fully saturated rings. The number of rotatable bonds is 5. The van der Waals surface area contributed by atoms with Crippen molar-refractivity contribution in [3.05, 3.63) is 23.8 Å². The van der Waals surface area contributed by atoms with Gasteiger partial charge >= 0.3 is 0 Å². The van der Waals surface area contributed by atoms with Crippen LogP contribution in [0.25, 0.3) is 0 Å². The summed E-state index contributed by atoms with van der Waals surface area (Å²) in [6, 6.07) is 5.76. The standard InChI is InChI=1S/C21H30N2O4/c22-19(15-6-10-25-11-7-15)20(24)23-13-21(8-2-1-3-9-21)16-4-5-17-18(12-16)27-14-26-17/h4-5,12,15,19H,1-3,6-11,13-14,22H2,(H,23,24). The van der Waals surface area contributed by atoms with E-state index < -0.39 is 6.04 Å². The Labute approximate surface area is 160 Å². The molecule has 1 saturated heterocycles. The minimum atomic E-state index is -0.453. The predicted molar refractivity (Wildman–Crippen MR) is 102 cm³/mol. The van der Waals surface area contributed by atoms with Crippen molar-refractivity contribution in [2.24, 2.45) is 11.7 Å². The Balaban J connectivity index is 1.46. The molecule has 0 aromatic heterocycles. The van der Waals surface area contributed by atoms with Crippen LogP contribution in [-0.4, -0.2) is 38.5 Å². The summed E-state index contributed by atoms with van der Waals surface area (Å²) in [7, 11) is 0. The first-order valence-electron chi connectivity index (χ1n) is 10.2. The molecular formula is C21H30N2O4. The van der Waals surface area contributed by atoms with Crippen LogP contribution in [0, 0.1) is 5.92 Å². The number of fused-ring (bicyclic) bond motifs is 1. The van der Waals surface area contributed by atoms with E-state index in [9.17, 15) is 4.79 Å². The Morgan fingerprint density at radius 1 is 1.15 bits per heavy atom. The number of hydrogen-bond acceptors (Lipinski definition) is 5. The Morgan fingerprint density at radius 3 is 2.67 bits per heavy atom. The number of ether oxygens (including phenoxy) is 3. The summed E-state index contributed by atoms with van der Waals surface area (Å²) in [5.41, 5.74) is 7.44. The molecule has 0 spiro atoms. The van der Waals surface area contributed by atoms with E-state index in [1.807, 2.05) is 6.07 Å². The summed E-state index contributed by atoms with van der Waals surface area (Å²) in [4.78, 5) is 12.7. The molecule has 2 aliphatic heterocycles. The number of nitrogens with two attached hydrogens (primary N) is 1. The normalized spacial score (nSPS) is 23.0. The molecule has 1 unspecified atom stereocenters. The van der Waals surface area contributed by atoms with E-state index in [4.69, 9.17) is 19.9 Å². The molecule has 3 aliphatic rings. The molecule has 0 bridgehead atoms. The second-order valence-electron chi connectivity index (χ2n) is 8.10. The van der Waals surface area contributed by atoms with E-state index in [2.05, 4.69) is 17.4 Å². The largest absolute Gasteiger partial charge is 0.454 e. The van der Waals surface area contributed by atoms with Gasteiger partial charge in [-0.25, -0.2) is 0 Å². The third-order valence-corrected chi connectivity index (χ3v) is 6.47. The molecule has 3 N–H and O–H groups in total. The molecule has 1 atom stereocenters. The van der Waals surface area contributed by atoms with Gasteiger partial charge < -0.3 is 25.3 Å². The van der Waals surface area contributed by atoms with Crippen molar-refractivity contribution >= 4 is 5.91 Å². The monoisotopic (exact) mass is 374 g/mol. The van der Waals surface area contributed by atoms with E-state index in [0.717, 1.165) is 37.2 Å². The number of nitrogens with one attached hydrogen (secondary N) is 1. The first kappa shape index (κ1) is 18.6. The van der Waals surface area contributed by atoms with Gasteiger partial charge in [0, 0.05) is 25.2 Å². The third-order valence-electron chi connectivity index (χ3n) is 6.47. The maximum atomic E-state index is 12.7. The van der Waals surface area contributed by atoms with Crippen molar-refractivity contribution in [1.29, 1.82) is 0 Å². The fourth-order valence-electron chi connectivity index (χ4n) is 4.69. The smallest absolute Gasteiger partial charge is 0.237 e. The molecule has 0 radical (unpaired) electrons. The summed E-state index contributed by atoms with van der Waals surface area (Å²) in [6.45, 7) is 2.31. The first-order chi connectivity index (χ1) is 13.2. The van der Waals surface area contributed by atoms with Crippen molar-refractivity contribution in [3.63, 3.8) is 0 Å². The topological polar surface area (TPSA) is 82.8 Å². The predicted octanol–water partition coefficient (Wildman–Crippen LogP) is 2.49. The van der Waals surface area contributed by atoms with Crippen molar-refractivity contribution in [2.75, 3.05) is 26.6 Å². The number of carbonyl (C=O) groups excluding carboxylic acids is 1. The van der Waals surface area contributed by atoms with Crippen molar-refractivity contribution in [1.82, 2.24) is 5.32 Å². The minimum Gasteiger partial charge on any atom is -0.454 e. The average molecular weight is 374 g/mol. The van der Waals surface area contributed by atoms with Crippen LogP contribution in [0.4, 0.5) is 0 Å². The van der Waals surface area contributed by atoms with E-state index in [0.29, 0.717) is 19.8 Å². The minimum absolute atomic E-state index is 0.0346. The third kappa shape index (κ3) is 3.92. The fourth-order valence-corrected chi connectivity index (χ4v) is 4.69. The molecule has 4 rings (SSSR count). The highest BCUT2D eigenvalue weighted by Crippen LogP contribution is 2.43. The Kier molecular flexibility index (Phi) is 5.55. The van der Waals surface area contributed by atoms with Crippen LogP contribution < -0.4 is 20.5 Å². The number of carbonyl (C=O) groups is 1. The Hall–Kier alpha value is -1.79. The van der Waals surface area contributed by atoms with Gasteiger partial charge in [0.15, 0.2) is 11.5 Å². The van der Waals surface area contributed by atoms with E-state index >= 15 is 0 Å². The second kappa shape index (κ2) is 8.07. The van der Waals surface area contributed by atoms with Gasteiger partial charge in [0.05, 0.1) is 6.04 Å². The number of hydrogen-bond donors (Lipinski definition) is 2. The van der Waals surface area contributed by atoms with Crippen LogP contribution in [0.5, 0.6) is 11.5 Å². The molecule has 27 heavy (non-hydrogen) atoms. The summed E-state index contributed by atoms with van der Waals surface area (Å²) < 4.78 is 16.4. The second-order valence-corrected chi connectivity index (χ2v) is 8.10. The van der Waals surface area contributed by atoms with Crippen molar-refractivity contribution in [3.8, 4) is 11.5 Å². The lowest BCUT2D eigenvalue weighted by atomic mass is 9.69. The number of amides is 1. The molecular weight excluding hydrogens is 344 g/mol. The first-order valence-corrected chi connectivity index (χ1v) is 10.2. The van der Waals surface area contributed by atoms with Crippen LogP contribution in [0.1, 0.15) is 50.5 Å². The lowest BCUT2D eigenvalue weighted by Gasteiger charge is -2.38. The molecule has 1 saturated carbocycles. The van der Waals surface area contributed by atoms with E-state index in [1.165, 1.54) is 24.8 Å².